The highest BCUT2D eigenvalue weighted by Crippen LogP contribution is 2.41. The van der Waals surface area contributed by atoms with E-state index in [1.54, 1.807) is 4.90 Å². The zero-order valence-corrected chi connectivity index (χ0v) is 16.2. The molecule has 27 heavy (non-hydrogen) atoms. The van der Waals surface area contributed by atoms with E-state index in [0.29, 0.717) is 29.3 Å². The van der Waals surface area contributed by atoms with Gasteiger partial charge in [-0.3, -0.25) is 4.79 Å². The van der Waals surface area contributed by atoms with Crippen molar-refractivity contribution in [3.8, 4) is 0 Å². The number of carbonyl (C=O) groups excluding carboxylic acids is 1. The molecule has 1 aliphatic heterocycles. The highest BCUT2D eigenvalue weighted by molar-refractivity contribution is 7.13. The van der Waals surface area contributed by atoms with Gasteiger partial charge in [0.05, 0.1) is 10.7 Å². The molecule has 1 N–H and O–H groups in total. The molecule has 142 valence electrons. The van der Waals surface area contributed by atoms with Crippen LogP contribution in [-0.4, -0.2) is 39.0 Å². The average Bonchev–Trinajstić information content (AvgIpc) is 3.22. The van der Waals surface area contributed by atoms with E-state index in [4.69, 9.17) is 0 Å². The quantitative estimate of drug-likeness (QED) is 0.868. The number of carboxylic acid groups (broad SMARTS) is 1. The van der Waals surface area contributed by atoms with E-state index in [1.165, 1.54) is 11.3 Å². The fraction of sp³-hybridized carbons (Fsp3) is 0.476. The molecule has 2 heterocycles. The Morgan fingerprint density at radius 1 is 1.22 bits per heavy atom. The largest absolute Gasteiger partial charge is 0.480 e. The van der Waals surface area contributed by atoms with Gasteiger partial charge in [0.2, 0.25) is 0 Å². The van der Waals surface area contributed by atoms with E-state index in [9.17, 15) is 14.7 Å². The fourth-order valence-corrected chi connectivity index (χ4v) is 5.63. The maximum atomic E-state index is 13.3. The van der Waals surface area contributed by atoms with Crippen LogP contribution in [-0.2, 0) is 11.2 Å². The number of nitrogens with zero attached hydrogens (tertiary/aromatic N) is 2. The molecule has 2 aliphatic rings. The zero-order valence-electron chi connectivity index (χ0n) is 15.4. The van der Waals surface area contributed by atoms with Crippen molar-refractivity contribution in [2.24, 2.45) is 5.92 Å². The van der Waals surface area contributed by atoms with Crippen LogP contribution < -0.4 is 0 Å². The Labute approximate surface area is 163 Å². The van der Waals surface area contributed by atoms with E-state index in [2.05, 4.69) is 4.98 Å². The lowest BCUT2D eigenvalue weighted by Gasteiger charge is -2.32. The molecular weight excluding hydrogens is 360 g/mol. The molecule has 1 amide bonds. The number of aryl methyl sites for hydroxylation is 1. The second kappa shape index (κ2) is 7.43. The summed E-state index contributed by atoms with van der Waals surface area (Å²) in [4.78, 5) is 32.0. The minimum atomic E-state index is -0.885. The van der Waals surface area contributed by atoms with Crippen molar-refractivity contribution in [3.05, 3.63) is 51.5 Å². The summed E-state index contributed by atoms with van der Waals surface area (Å²) in [6.07, 6.45) is 5.41. The molecule has 0 bridgehead atoms. The van der Waals surface area contributed by atoms with Crippen LogP contribution in [0.2, 0.25) is 0 Å². The monoisotopic (exact) mass is 384 g/mol. The number of rotatable bonds is 4. The summed E-state index contributed by atoms with van der Waals surface area (Å²) in [5.74, 6) is -0.712. The third kappa shape index (κ3) is 3.50. The topological polar surface area (TPSA) is 70.5 Å². The lowest BCUT2D eigenvalue weighted by Crippen LogP contribution is -2.46. The predicted octanol–water partition coefficient (Wildman–Crippen LogP) is 3.90. The Hall–Kier alpha value is -2.21. The summed E-state index contributed by atoms with van der Waals surface area (Å²) in [6, 6.07) is 9.42. The minimum absolute atomic E-state index is 0.0615. The average molecular weight is 385 g/mol. The zero-order chi connectivity index (χ0) is 19.0. The molecule has 2 aromatic rings. The van der Waals surface area contributed by atoms with Crippen LogP contribution in [0.1, 0.15) is 58.0 Å². The van der Waals surface area contributed by atoms with Crippen molar-refractivity contribution in [1.29, 1.82) is 0 Å². The molecule has 3 unspecified atom stereocenters. The lowest BCUT2D eigenvalue weighted by atomic mass is 9.85. The second-order valence-electron chi connectivity index (χ2n) is 7.60. The number of benzene rings is 1. The SMILES string of the molecule is Cc1nc(Cc2ccccc2)sc1C(=O)N1C(C(=O)O)CC2CCCCC21. The Bertz CT molecular complexity index is 848. The molecule has 5 nitrogen and oxygen atoms in total. The van der Waals surface area contributed by atoms with Gasteiger partial charge in [0.15, 0.2) is 0 Å². The first kappa shape index (κ1) is 18.2. The molecule has 6 heteroatoms. The minimum Gasteiger partial charge on any atom is -0.480 e. The van der Waals surface area contributed by atoms with Gasteiger partial charge >= 0.3 is 5.97 Å². The fourth-order valence-electron chi connectivity index (χ4n) is 4.59. The number of amides is 1. The third-order valence-corrected chi connectivity index (χ3v) is 6.99. The van der Waals surface area contributed by atoms with E-state index >= 15 is 0 Å². The Balaban J connectivity index is 1.60. The summed E-state index contributed by atoms with van der Waals surface area (Å²) in [5.41, 5.74) is 1.86. The second-order valence-corrected chi connectivity index (χ2v) is 8.68. The predicted molar refractivity (Wildman–Crippen MR) is 104 cm³/mol. The Morgan fingerprint density at radius 3 is 2.70 bits per heavy atom. The maximum Gasteiger partial charge on any atom is 0.326 e. The maximum absolute atomic E-state index is 13.3. The van der Waals surface area contributed by atoms with Crippen molar-refractivity contribution >= 4 is 23.2 Å². The highest BCUT2D eigenvalue weighted by Gasteiger charge is 2.48. The molecule has 1 aromatic heterocycles. The van der Waals surface area contributed by atoms with Crippen LogP contribution in [0.15, 0.2) is 30.3 Å². The van der Waals surface area contributed by atoms with Crippen LogP contribution in [0, 0.1) is 12.8 Å². The van der Waals surface area contributed by atoms with Gasteiger partial charge in [0.25, 0.3) is 5.91 Å². The van der Waals surface area contributed by atoms with Crippen LogP contribution in [0.5, 0.6) is 0 Å². The van der Waals surface area contributed by atoms with Gasteiger partial charge in [-0.1, -0.05) is 43.2 Å². The number of aliphatic carboxylic acids is 1. The summed E-state index contributed by atoms with van der Waals surface area (Å²) in [6.45, 7) is 1.85. The first-order valence-corrected chi connectivity index (χ1v) is 10.4. The number of carboxylic acids is 1. The van der Waals surface area contributed by atoms with Crippen LogP contribution in [0.25, 0.3) is 0 Å². The summed E-state index contributed by atoms with van der Waals surface area (Å²) < 4.78 is 0. The Kier molecular flexibility index (Phi) is 5.00. The van der Waals surface area contributed by atoms with Gasteiger partial charge in [-0.05, 0) is 37.7 Å². The van der Waals surface area contributed by atoms with Crippen molar-refractivity contribution in [2.75, 3.05) is 0 Å². The molecule has 1 aliphatic carbocycles. The summed E-state index contributed by atoms with van der Waals surface area (Å²) >= 11 is 1.41. The number of likely N-dealkylation sites (tertiary alicyclic amines) is 1. The van der Waals surface area contributed by atoms with E-state index in [0.717, 1.165) is 36.3 Å². The standard InChI is InChI=1S/C21H24N2O3S/c1-13-19(27-18(22-13)11-14-7-3-2-4-8-14)20(24)23-16-10-6-5-9-15(16)12-17(23)21(25)26/h2-4,7-8,15-17H,5-6,9-12H2,1H3,(H,25,26). The van der Waals surface area contributed by atoms with Gasteiger partial charge in [0, 0.05) is 12.5 Å². The van der Waals surface area contributed by atoms with Gasteiger partial charge in [-0.2, -0.15) is 0 Å². The number of hydrogen-bond donors (Lipinski definition) is 1. The van der Waals surface area contributed by atoms with Crippen LogP contribution in [0.3, 0.4) is 0 Å². The normalized spacial score (nSPS) is 24.6. The van der Waals surface area contributed by atoms with E-state index in [-0.39, 0.29) is 11.9 Å². The smallest absolute Gasteiger partial charge is 0.326 e. The lowest BCUT2D eigenvalue weighted by molar-refractivity contribution is -0.141. The summed E-state index contributed by atoms with van der Waals surface area (Å²) in [7, 11) is 0. The highest BCUT2D eigenvalue weighted by atomic mass is 32.1. The Morgan fingerprint density at radius 2 is 1.96 bits per heavy atom. The number of hydrogen-bond acceptors (Lipinski definition) is 4. The van der Waals surface area contributed by atoms with Gasteiger partial charge in [-0.25, -0.2) is 9.78 Å². The number of thiazole rings is 1. The molecule has 0 radical (unpaired) electrons. The molecule has 1 saturated carbocycles. The van der Waals surface area contributed by atoms with E-state index in [1.807, 2.05) is 37.3 Å². The molecule has 1 saturated heterocycles. The van der Waals surface area contributed by atoms with E-state index < -0.39 is 12.0 Å². The number of fused-ring (bicyclic) bond motifs is 1. The van der Waals surface area contributed by atoms with Crippen molar-refractivity contribution in [1.82, 2.24) is 9.88 Å². The van der Waals surface area contributed by atoms with Gasteiger partial charge < -0.3 is 10.0 Å². The molecule has 3 atom stereocenters. The number of carbonyl (C=O) groups is 2. The number of aromatic nitrogens is 1. The first-order valence-electron chi connectivity index (χ1n) is 9.60. The molecule has 4 rings (SSSR count). The molecule has 2 fully saturated rings. The van der Waals surface area contributed by atoms with Crippen molar-refractivity contribution in [3.63, 3.8) is 0 Å². The third-order valence-electron chi connectivity index (χ3n) is 5.84. The molecule has 1 aromatic carbocycles. The first-order chi connectivity index (χ1) is 13.0. The van der Waals surface area contributed by atoms with Crippen molar-refractivity contribution in [2.45, 2.75) is 57.5 Å². The van der Waals surface area contributed by atoms with Gasteiger partial charge in [-0.15, -0.1) is 11.3 Å². The van der Waals surface area contributed by atoms with Crippen LogP contribution in [0.4, 0.5) is 0 Å². The van der Waals surface area contributed by atoms with Crippen LogP contribution >= 0.6 is 11.3 Å². The van der Waals surface area contributed by atoms with Gasteiger partial charge in [0.1, 0.15) is 10.9 Å². The molecule has 0 spiro atoms. The van der Waals surface area contributed by atoms with Crippen molar-refractivity contribution < 1.29 is 14.7 Å². The summed E-state index contributed by atoms with van der Waals surface area (Å²) in [5, 5.41) is 10.6. The molecular formula is C21H24N2O3S.